The molecule has 2 atom stereocenters. The maximum atomic E-state index is 13.8. The van der Waals surface area contributed by atoms with Gasteiger partial charge in [-0.2, -0.15) is 0 Å². The number of nitrogens with zero attached hydrogens (tertiary/aromatic N) is 4. The van der Waals surface area contributed by atoms with Crippen LogP contribution in [0.4, 0.5) is 5.82 Å². The van der Waals surface area contributed by atoms with Gasteiger partial charge in [0.15, 0.2) is 0 Å². The summed E-state index contributed by atoms with van der Waals surface area (Å²) in [5, 5.41) is 2.77. The second-order valence-corrected chi connectivity index (χ2v) is 10.6. The first-order valence-electron chi connectivity index (χ1n) is 12.2. The molecule has 2 amide bonds. The number of anilines is 1. The van der Waals surface area contributed by atoms with Crippen LogP contribution in [0.25, 0.3) is 11.7 Å². The van der Waals surface area contributed by atoms with Crippen LogP contribution < -0.4 is 15.8 Å². The first-order valence-corrected chi connectivity index (χ1v) is 13.4. The predicted molar refractivity (Wildman–Crippen MR) is 146 cm³/mol. The first kappa shape index (κ1) is 26.8. The maximum absolute atomic E-state index is 13.8. The van der Waals surface area contributed by atoms with E-state index >= 15 is 0 Å². The van der Waals surface area contributed by atoms with Crippen molar-refractivity contribution >= 4 is 63.6 Å². The molecule has 10 nitrogen and oxygen atoms in total. The number of carbonyl (C=O) groups excluding carboxylic acids is 3. The van der Waals surface area contributed by atoms with Gasteiger partial charge in [-0.05, 0) is 44.9 Å². The van der Waals surface area contributed by atoms with Gasteiger partial charge in [0.1, 0.15) is 21.8 Å². The van der Waals surface area contributed by atoms with Gasteiger partial charge in [0.05, 0.1) is 23.5 Å². The zero-order valence-corrected chi connectivity index (χ0v) is 22.8. The Kier molecular flexibility index (Phi) is 7.98. The Balaban J connectivity index is 1.89. The molecule has 0 aromatic carbocycles. The lowest BCUT2D eigenvalue weighted by molar-refractivity contribution is -0.145. The number of aromatic nitrogens is 2. The summed E-state index contributed by atoms with van der Waals surface area (Å²) >= 11 is 6.59. The number of thioether (sulfide) groups is 1. The Bertz CT molecular complexity index is 1370. The molecule has 2 aromatic rings. The molecular formula is C25H29N5O5S2. The molecule has 0 saturated carbocycles. The summed E-state index contributed by atoms with van der Waals surface area (Å²) in [4.78, 5) is 60.5. The summed E-state index contributed by atoms with van der Waals surface area (Å²) < 4.78 is 6.93. The van der Waals surface area contributed by atoms with Crippen LogP contribution in [0.5, 0.6) is 0 Å². The van der Waals surface area contributed by atoms with Gasteiger partial charge in [-0.1, -0.05) is 37.0 Å². The molecular weight excluding hydrogens is 514 g/mol. The number of amides is 2. The lowest BCUT2D eigenvalue weighted by atomic mass is 10.1. The van der Waals surface area contributed by atoms with Crippen molar-refractivity contribution in [1.82, 2.24) is 19.6 Å². The molecule has 4 rings (SSSR count). The van der Waals surface area contributed by atoms with Crippen LogP contribution in [0.3, 0.4) is 0 Å². The number of thiocarbonyl (C=S) groups is 1. The largest absolute Gasteiger partial charge is 0.466 e. The van der Waals surface area contributed by atoms with Gasteiger partial charge in [0, 0.05) is 25.3 Å². The zero-order valence-electron chi connectivity index (χ0n) is 21.1. The van der Waals surface area contributed by atoms with Gasteiger partial charge >= 0.3 is 5.97 Å². The number of piperazine rings is 1. The van der Waals surface area contributed by atoms with Crippen LogP contribution >= 0.6 is 24.0 Å². The fraction of sp³-hybridized carbons (Fsp3) is 0.440. The van der Waals surface area contributed by atoms with E-state index in [1.807, 2.05) is 26.8 Å². The zero-order chi connectivity index (χ0) is 26.9. The molecule has 2 fully saturated rings. The molecule has 0 unspecified atom stereocenters. The Morgan fingerprint density at radius 2 is 2.08 bits per heavy atom. The number of carbonyl (C=O) groups is 3. The van der Waals surface area contributed by atoms with Crippen molar-refractivity contribution in [2.24, 2.45) is 0 Å². The van der Waals surface area contributed by atoms with Crippen molar-refractivity contribution in [3.8, 4) is 0 Å². The van der Waals surface area contributed by atoms with Gasteiger partial charge in [0.25, 0.3) is 11.5 Å². The average molecular weight is 544 g/mol. The molecule has 1 N–H and O–H groups in total. The molecule has 0 aliphatic carbocycles. The van der Waals surface area contributed by atoms with Crippen molar-refractivity contribution in [2.45, 2.75) is 52.6 Å². The number of rotatable bonds is 7. The molecule has 2 aliphatic heterocycles. The lowest BCUT2D eigenvalue weighted by Gasteiger charge is -2.36. The summed E-state index contributed by atoms with van der Waals surface area (Å²) in [6.07, 6.45) is 3.71. The Morgan fingerprint density at radius 3 is 2.78 bits per heavy atom. The smallest absolute Gasteiger partial charge is 0.308 e. The van der Waals surface area contributed by atoms with Crippen molar-refractivity contribution in [3.63, 3.8) is 0 Å². The quantitative estimate of drug-likeness (QED) is 0.319. The topological polar surface area (TPSA) is 113 Å². The molecule has 37 heavy (non-hydrogen) atoms. The first-order chi connectivity index (χ1) is 17.7. The fourth-order valence-corrected chi connectivity index (χ4v) is 5.76. The van der Waals surface area contributed by atoms with E-state index in [1.165, 1.54) is 10.5 Å². The fourth-order valence-electron chi connectivity index (χ4n) is 4.31. The Morgan fingerprint density at radius 1 is 1.32 bits per heavy atom. The Hall–Kier alpha value is -3.25. The standard InChI is InChI=1S/C25H29N5O5S2/c1-5-15(4)30-24(34)18(37-25(30)36)11-16-21(27-19-8-7-14(3)13-29(19)23(16)33)28-10-9-26-22(32)17(28)12-20(31)35-6-2/h7-8,11,13,15,17H,5-6,9-10,12H2,1-4H3,(H,26,32)/b18-11-/t15-,17+/m1/s1. The van der Waals surface area contributed by atoms with E-state index in [9.17, 15) is 19.2 Å². The van der Waals surface area contributed by atoms with Crippen molar-refractivity contribution < 1.29 is 19.1 Å². The molecule has 12 heteroatoms. The van der Waals surface area contributed by atoms with Gasteiger partial charge in [-0.3, -0.25) is 28.5 Å². The monoisotopic (exact) mass is 543 g/mol. The van der Waals surface area contributed by atoms with E-state index in [0.29, 0.717) is 28.0 Å². The van der Waals surface area contributed by atoms with Crippen LogP contribution in [0.1, 0.15) is 44.7 Å². The van der Waals surface area contributed by atoms with Crippen LogP contribution in [-0.2, 0) is 19.1 Å². The van der Waals surface area contributed by atoms with Crippen LogP contribution in [-0.4, -0.2) is 68.2 Å². The van der Waals surface area contributed by atoms with E-state index < -0.39 is 17.6 Å². The minimum Gasteiger partial charge on any atom is -0.466 e. The second-order valence-electron chi connectivity index (χ2n) is 8.91. The molecule has 0 spiro atoms. The summed E-state index contributed by atoms with van der Waals surface area (Å²) in [5.74, 6) is -0.937. The van der Waals surface area contributed by atoms with E-state index in [1.54, 1.807) is 29.0 Å². The van der Waals surface area contributed by atoms with Crippen LogP contribution in [0.15, 0.2) is 28.0 Å². The number of pyridine rings is 1. The number of hydrogen-bond acceptors (Lipinski definition) is 9. The highest BCUT2D eigenvalue weighted by atomic mass is 32.2. The van der Waals surface area contributed by atoms with Crippen molar-refractivity contribution in [1.29, 1.82) is 0 Å². The summed E-state index contributed by atoms with van der Waals surface area (Å²) in [7, 11) is 0. The van der Waals surface area contributed by atoms with Gasteiger partial charge in [-0.15, -0.1) is 0 Å². The van der Waals surface area contributed by atoms with Gasteiger partial charge in [-0.25, -0.2) is 4.98 Å². The third kappa shape index (κ3) is 5.26. The van der Waals surface area contributed by atoms with E-state index in [2.05, 4.69) is 5.32 Å². The van der Waals surface area contributed by atoms with E-state index in [0.717, 1.165) is 23.7 Å². The molecule has 0 bridgehead atoms. The molecule has 0 radical (unpaired) electrons. The SMILES string of the molecule is CCOC(=O)C[C@H]1C(=O)NCCN1c1nc2ccc(C)cn2c(=O)c1/C=C1\SC(=S)N([C@H](C)CC)C1=O. The summed E-state index contributed by atoms with van der Waals surface area (Å²) in [5.41, 5.74) is 1.00. The minimum absolute atomic E-state index is 0.0869. The molecule has 2 saturated heterocycles. The van der Waals surface area contributed by atoms with Gasteiger partial charge in [0.2, 0.25) is 5.91 Å². The summed E-state index contributed by atoms with van der Waals surface area (Å²) in [6.45, 7) is 8.25. The number of fused-ring (bicyclic) bond motifs is 1. The normalized spacial score (nSPS) is 20.1. The maximum Gasteiger partial charge on any atom is 0.308 e. The molecule has 196 valence electrons. The highest BCUT2D eigenvalue weighted by Gasteiger charge is 2.37. The number of ether oxygens (including phenoxy) is 1. The number of esters is 1. The molecule has 2 aliphatic rings. The summed E-state index contributed by atoms with van der Waals surface area (Å²) in [6, 6.07) is 2.55. The third-order valence-electron chi connectivity index (χ3n) is 6.38. The lowest BCUT2D eigenvalue weighted by Crippen LogP contribution is -2.57. The average Bonchev–Trinajstić information content (AvgIpc) is 3.14. The van der Waals surface area contributed by atoms with E-state index in [4.69, 9.17) is 21.9 Å². The van der Waals surface area contributed by atoms with Crippen LogP contribution in [0, 0.1) is 6.92 Å². The Labute approximate surface area is 224 Å². The molecule has 4 heterocycles. The van der Waals surface area contributed by atoms with Crippen molar-refractivity contribution in [2.75, 3.05) is 24.6 Å². The highest BCUT2D eigenvalue weighted by Crippen LogP contribution is 2.35. The van der Waals surface area contributed by atoms with Gasteiger partial charge < -0.3 is 15.0 Å². The molecule has 2 aromatic heterocycles. The number of aryl methyl sites for hydroxylation is 1. The van der Waals surface area contributed by atoms with Crippen molar-refractivity contribution in [3.05, 3.63) is 44.7 Å². The van der Waals surface area contributed by atoms with Crippen LogP contribution in [0.2, 0.25) is 0 Å². The number of hydrogen-bond donors (Lipinski definition) is 1. The number of nitrogens with one attached hydrogen (secondary N) is 1. The second kappa shape index (κ2) is 11.0. The van der Waals surface area contributed by atoms with E-state index in [-0.39, 0.29) is 42.3 Å². The highest BCUT2D eigenvalue weighted by molar-refractivity contribution is 8.26. The predicted octanol–water partition coefficient (Wildman–Crippen LogP) is 2.26. The third-order valence-corrected chi connectivity index (χ3v) is 7.71. The minimum atomic E-state index is -0.922.